The molecule has 0 bridgehead atoms. The van der Waals surface area contributed by atoms with E-state index < -0.39 is 0 Å². The predicted octanol–water partition coefficient (Wildman–Crippen LogP) is 0.214. The quantitative estimate of drug-likeness (QED) is 0.769. The minimum atomic E-state index is 0.0852. The largest absolute Gasteiger partial charge is 0.355 e. The lowest BCUT2D eigenvalue weighted by Gasteiger charge is -2.21. The third kappa shape index (κ3) is 4.66. The SMILES string of the molecule is O=C(CSC1CCNCC1)NCCc1ncon1. The van der Waals surface area contributed by atoms with Gasteiger partial charge in [0.25, 0.3) is 0 Å². The molecule has 1 aromatic heterocycles. The molecule has 2 heterocycles. The number of hydrogen-bond donors (Lipinski definition) is 2. The highest BCUT2D eigenvalue weighted by Gasteiger charge is 2.14. The minimum absolute atomic E-state index is 0.0852. The van der Waals surface area contributed by atoms with Crippen molar-refractivity contribution in [3.05, 3.63) is 12.2 Å². The topological polar surface area (TPSA) is 80.0 Å². The van der Waals surface area contributed by atoms with Gasteiger partial charge in [-0.15, -0.1) is 11.8 Å². The van der Waals surface area contributed by atoms with Gasteiger partial charge < -0.3 is 15.2 Å². The molecule has 1 amide bonds. The maximum atomic E-state index is 11.6. The van der Waals surface area contributed by atoms with Gasteiger partial charge >= 0.3 is 0 Å². The average Bonchev–Trinajstić information content (AvgIpc) is 2.91. The lowest BCUT2D eigenvalue weighted by Crippen LogP contribution is -2.32. The Morgan fingerprint density at radius 2 is 2.39 bits per heavy atom. The van der Waals surface area contributed by atoms with E-state index in [1.54, 1.807) is 11.8 Å². The maximum absolute atomic E-state index is 11.6. The van der Waals surface area contributed by atoms with E-state index >= 15 is 0 Å². The van der Waals surface area contributed by atoms with Gasteiger partial charge in [-0.05, 0) is 25.9 Å². The number of amides is 1. The summed E-state index contributed by atoms with van der Waals surface area (Å²) in [5.74, 6) is 1.25. The summed E-state index contributed by atoms with van der Waals surface area (Å²) in [5, 5.41) is 10.5. The molecule has 0 aromatic carbocycles. The van der Waals surface area contributed by atoms with Crippen molar-refractivity contribution in [2.75, 3.05) is 25.4 Å². The molecule has 18 heavy (non-hydrogen) atoms. The summed E-state index contributed by atoms with van der Waals surface area (Å²) in [7, 11) is 0. The number of carbonyl (C=O) groups is 1. The monoisotopic (exact) mass is 270 g/mol. The smallest absolute Gasteiger partial charge is 0.230 e. The summed E-state index contributed by atoms with van der Waals surface area (Å²) in [6, 6.07) is 0. The Morgan fingerprint density at radius 1 is 1.56 bits per heavy atom. The minimum Gasteiger partial charge on any atom is -0.355 e. The Labute approximate surface area is 110 Å². The molecule has 1 aromatic rings. The lowest BCUT2D eigenvalue weighted by atomic mass is 10.2. The van der Waals surface area contributed by atoms with Crippen LogP contribution in [0.5, 0.6) is 0 Å². The van der Waals surface area contributed by atoms with Crippen LogP contribution in [0.15, 0.2) is 10.9 Å². The van der Waals surface area contributed by atoms with Crippen LogP contribution in [0.3, 0.4) is 0 Å². The van der Waals surface area contributed by atoms with Gasteiger partial charge in [0.1, 0.15) is 0 Å². The standard InChI is InChI=1S/C11H18N4O2S/c16-11(7-18-9-1-4-12-5-2-9)13-6-3-10-14-8-17-15-10/h8-9,12H,1-7H2,(H,13,16). The van der Waals surface area contributed by atoms with E-state index in [0.29, 0.717) is 29.8 Å². The van der Waals surface area contributed by atoms with Crippen LogP contribution in [0, 0.1) is 0 Å². The number of hydrogen-bond acceptors (Lipinski definition) is 6. The van der Waals surface area contributed by atoms with Crippen molar-refractivity contribution in [2.24, 2.45) is 0 Å². The molecule has 2 N–H and O–H groups in total. The Bertz CT molecular complexity index is 352. The summed E-state index contributed by atoms with van der Waals surface area (Å²) < 4.78 is 4.62. The molecule has 7 heteroatoms. The first-order valence-corrected chi connectivity index (χ1v) is 7.24. The zero-order valence-electron chi connectivity index (χ0n) is 10.2. The number of rotatable bonds is 6. The van der Waals surface area contributed by atoms with Crippen LogP contribution in [0.25, 0.3) is 0 Å². The van der Waals surface area contributed by atoms with Crippen molar-refractivity contribution in [1.29, 1.82) is 0 Å². The molecule has 1 aliphatic rings. The molecule has 0 aliphatic carbocycles. The molecule has 2 rings (SSSR count). The molecule has 0 radical (unpaired) electrons. The number of nitrogens with one attached hydrogen (secondary N) is 2. The van der Waals surface area contributed by atoms with Gasteiger partial charge in [0.2, 0.25) is 12.3 Å². The molecule has 0 atom stereocenters. The van der Waals surface area contributed by atoms with Crippen molar-refractivity contribution in [2.45, 2.75) is 24.5 Å². The Hall–Kier alpha value is -1.08. The number of carbonyl (C=O) groups excluding carboxylic acids is 1. The van der Waals surface area contributed by atoms with Crippen LogP contribution in [0.2, 0.25) is 0 Å². The molecular weight excluding hydrogens is 252 g/mol. The van der Waals surface area contributed by atoms with E-state index in [0.717, 1.165) is 25.9 Å². The van der Waals surface area contributed by atoms with Crippen LogP contribution >= 0.6 is 11.8 Å². The number of aromatic nitrogens is 2. The summed E-state index contributed by atoms with van der Waals surface area (Å²) >= 11 is 1.75. The van der Waals surface area contributed by atoms with Crippen molar-refractivity contribution >= 4 is 17.7 Å². The van der Waals surface area contributed by atoms with E-state index in [-0.39, 0.29) is 5.91 Å². The van der Waals surface area contributed by atoms with Gasteiger partial charge in [0, 0.05) is 18.2 Å². The van der Waals surface area contributed by atoms with Crippen LogP contribution in [0.4, 0.5) is 0 Å². The summed E-state index contributed by atoms with van der Waals surface area (Å²) in [4.78, 5) is 15.5. The fourth-order valence-electron chi connectivity index (χ4n) is 1.82. The lowest BCUT2D eigenvalue weighted by molar-refractivity contribution is -0.118. The van der Waals surface area contributed by atoms with Crippen LogP contribution < -0.4 is 10.6 Å². The third-order valence-electron chi connectivity index (χ3n) is 2.81. The molecule has 1 fully saturated rings. The highest BCUT2D eigenvalue weighted by Crippen LogP contribution is 2.19. The van der Waals surface area contributed by atoms with Crippen LogP contribution in [0.1, 0.15) is 18.7 Å². The molecule has 100 valence electrons. The molecule has 0 unspecified atom stereocenters. The number of piperidine rings is 1. The average molecular weight is 270 g/mol. The zero-order valence-corrected chi connectivity index (χ0v) is 11.0. The van der Waals surface area contributed by atoms with Gasteiger partial charge in [0.05, 0.1) is 5.75 Å². The fourth-order valence-corrected chi connectivity index (χ4v) is 2.88. The van der Waals surface area contributed by atoms with Crippen molar-refractivity contribution in [1.82, 2.24) is 20.8 Å². The molecular formula is C11H18N4O2S. The predicted molar refractivity (Wildman–Crippen MR) is 69.4 cm³/mol. The summed E-state index contributed by atoms with van der Waals surface area (Å²) in [6.45, 7) is 2.69. The van der Waals surface area contributed by atoms with E-state index in [4.69, 9.17) is 0 Å². The molecule has 6 nitrogen and oxygen atoms in total. The van der Waals surface area contributed by atoms with Crippen LogP contribution in [-0.2, 0) is 11.2 Å². The van der Waals surface area contributed by atoms with E-state index in [1.807, 2.05) is 0 Å². The van der Waals surface area contributed by atoms with Crippen molar-refractivity contribution < 1.29 is 9.32 Å². The highest BCUT2D eigenvalue weighted by molar-refractivity contribution is 8.00. The molecule has 1 saturated heterocycles. The number of nitrogens with zero attached hydrogens (tertiary/aromatic N) is 2. The first-order chi connectivity index (χ1) is 8.84. The van der Waals surface area contributed by atoms with Gasteiger partial charge in [-0.1, -0.05) is 5.16 Å². The second-order valence-corrected chi connectivity index (χ2v) is 5.50. The second-order valence-electron chi connectivity index (χ2n) is 4.21. The second kappa shape index (κ2) is 7.38. The van der Waals surface area contributed by atoms with Crippen molar-refractivity contribution in [3.63, 3.8) is 0 Å². The fraction of sp³-hybridized carbons (Fsp3) is 0.727. The highest BCUT2D eigenvalue weighted by atomic mass is 32.2. The van der Waals surface area contributed by atoms with E-state index in [2.05, 4.69) is 25.3 Å². The van der Waals surface area contributed by atoms with E-state index in [1.165, 1.54) is 6.39 Å². The number of thioether (sulfide) groups is 1. The van der Waals surface area contributed by atoms with Gasteiger partial charge in [-0.2, -0.15) is 4.98 Å². The molecule has 0 spiro atoms. The van der Waals surface area contributed by atoms with Gasteiger partial charge in [0.15, 0.2) is 5.82 Å². The van der Waals surface area contributed by atoms with Gasteiger partial charge in [-0.3, -0.25) is 4.79 Å². The molecule has 1 aliphatic heterocycles. The Kier molecular flexibility index (Phi) is 5.47. The van der Waals surface area contributed by atoms with E-state index in [9.17, 15) is 4.79 Å². The van der Waals surface area contributed by atoms with Gasteiger partial charge in [-0.25, -0.2) is 0 Å². The van der Waals surface area contributed by atoms with Crippen LogP contribution in [-0.4, -0.2) is 46.7 Å². The Morgan fingerprint density at radius 3 is 3.11 bits per heavy atom. The third-order valence-corrected chi connectivity index (χ3v) is 4.19. The first-order valence-electron chi connectivity index (χ1n) is 6.19. The summed E-state index contributed by atoms with van der Waals surface area (Å²) in [5.41, 5.74) is 0. The zero-order chi connectivity index (χ0) is 12.6. The van der Waals surface area contributed by atoms with Crippen molar-refractivity contribution in [3.8, 4) is 0 Å². The summed E-state index contributed by atoms with van der Waals surface area (Å²) in [6.07, 6.45) is 4.21. The first kappa shape index (κ1) is 13.4. The molecule has 0 saturated carbocycles. The maximum Gasteiger partial charge on any atom is 0.230 e. The normalized spacial score (nSPS) is 16.7. The Balaban J connectivity index is 1.54.